The molecule has 4 heterocycles. The molecule has 26 heavy (non-hydrogen) atoms. The average Bonchev–Trinajstić information content (AvgIpc) is 3.24. The minimum absolute atomic E-state index is 0.0480. The third kappa shape index (κ3) is 3.55. The number of carbonyl (C=O) groups excluding carboxylic acids is 1. The molecule has 0 bridgehead atoms. The molecule has 0 aromatic carbocycles. The Hall–Kier alpha value is -1.37. The van der Waals surface area contributed by atoms with Crippen molar-refractivity contribution in [1.82, 2.24) is 4.90 Å². The van der Waals surface area contributed by atoms with Gasteiger partial charge in [0, 0.05) is 33.0 Å². The summed E-state index contributed by atoms with van der Waals surface area (Å²) in [5.41, 5.74) is 0.504. The number of hydrogen-bond acceptors (Lipinski definition) is 5. The van der Waals surface area contributed by atoms with Gasteiger partial charge in [-0.2, -0.15) is 0 Å². The largest absolute Gasteiger partial charge is 0.469 e. The van der Waals surface area contributed by atoms with E-state index in [0.29, 0.717) is 36.2 Å². The molecule has 1 spiro atoms. The fourth-order valence-electron chi connectivity index (χ4n) is 4.45. The molecule has 1 amide bonds. The third-order valence-electron chi connectivity index (χ3n) is 6.20. The second kappa shape index (κ2) is 7.71. The van der Waals surface area contributed by atoms with Gasteiger partial charge in [0.2, 0.25) is 0 Å². The lowest BCUT2D eigenvalue weighted by Gasteiger charge is -2.50. The summed E-state index contributed by atoms with van der Waals surface area (Å²) >= 11 is 0. The molecular formula is C20H29NO5. The summed E-state index contributed by atoms with van der Waals surface area (Å²) in [5.74, 6) is 1.85. The van der Waals surface area contributed by atoms with Crippen molar-refractivity contribution in [3.8, 4) is 0 Å². The molecule has 6 heteroatoms. The summed E-state index contributed by atoms with van der Waals surface area (Å²) in [6.45, 7) is 7.34. The van der Waals surface area contributed by atoms with E-state index in [9.17, 15) is 4.79 Å². The lowest BCUT2D eigenvalue weighted by Crippen LogP contribution is -2.66. The molecule has 0 radical (unpaired) electrons. The first-order valence-corrected chi connectivity index (χ1v) is 9.81. The molecule has 0 saturated carbocycles. The zero-order chi connectivity index (χ0) is 18.0. The smallest absolute Gasteiger partial charge is 0.257 e. The van der Waals surface area contributed by atoms with Crippen molar-refractivity contribution < 1.29 is 23.4 Å². The van der Waals surface area contributed by atoms with Crippen LogP contribution in [-0.2, 0) is 14.2 Å². The number of hydrogen-bond donors (Lipinski definition) is 0. The van der Waals surface area contributed by atoms with Crippen LogP contribution in [0, 0.1) is 18.8 Å². The number of nitrogens with zero attached hydrogens (tertiary/aromatic N) is 1. The van der Waals surface area contributed by atoms with Crippen molar-refractivity contribution in [3.05, 3.63) is 23.7 Å². The van der Waals surface area contributed by atoms with Gasteiger partial charge in [-0.1, -0.05) is 0 Å². The first kappa shape index (κ1) is 18.0. The van der Waals surface area contributed by atoms with Crippen LogP contribution >= 0.6 is 0 Å². The molecule has 4 rings (SSSR count). The minimum Gasteiger partial charge on any atom is -0.469 e. The highest BCUT2D eigenvalue weighted by Crippen LogP contribution is 2.42. The van der Waals surface area contributed by atoms with E-state index in [1.165, 1.54) is 0 Å². The third-order valence-corrected chi connectivity index (χ3v) is 6.20. The maximum atomic E-state index is 12.6. The highest BCUT2D eigenvalue weighted by Gasteiger charge is 2.54. The Morgan fingerprint density at radius 1 is 1.27 bits per heavy atom. The van der Waals surface area contributed by atoms with E-state index in [0.717, 1.165) is 58.7 Å². The monoisotopic (exact) mass is 363 g/mol. The number of amides is 1. The molecule has 144 valence electrons. The quantitative estimate of drug-likeness (QED) is 0.727. The number of carbonyl (C=O) groups is 1. The molecular weight excluding hydrogens is 334 g/mol. The second-order valence-corrected chi connectivity index (χ2v) is 7.87. The van der Waals surface area contributed by atoms with Crippen LogP contribution in [0.4, 0.5) is 0 Å². The maximum absolute atomic E-state index is 12.6. The van der Waals surface area contributed by atoms with E-state index in [-0.39, 0.29) is 11.5 Å². The van der Waals surface area contributed by atoms with Gasteiger partial charge in [-0.15, -0.1) is 0 Å². The topological polar surface area (TPSA) is 61.1 Å². The first-order valence-electron chi connectivity index (χ1n) is 9.81. The van der Waals surface area contributed by atoms with Gasteiger partial charge in [-0.05, 0) is 50.5 Å². The SMILES string of the molecule is Cc1occc1C(=O)N1CC2(C1)OCC[C@@H]2CCOCC1CCOCC1. The van der Waals surface area contributed by atoms with Crippen LogP contribution in [0.25, 0.3) is 0 Å². The summed E-state index contributed by atoms with van der Waals surface area (Å²) in [5, 5.41) is 0. The van der Waals surface area contributed by atoms with Gasteiger partial charge in [0.15, 0.2) is 0 Å². The first-order chi connectivity index (χ1) is 12.7. The van der Waals surface area contributed by atoms with Gasteiger partial charge >= 0.3 is 0 Å². The molecule has 3 saturated heterocycles. The summed E-state index contributed by atoms with van der Waals surface area (Å²) < 4.78 is 22.7. The molecule has 0 N–H and O–H groups in total. The molecule has 3 aliphatic heterocycles. The molecule has 0 unspecified atom stereocenters. The fraction of sp³-hybridized carbons (Fsp3) is 0.750. The van der Waals surface area contributed by atoms with Crippen molar-refractivity contribution in [3.63, 3.8) is 0 Å². The number of furan rings is 1. The highest BCUT2D eigenvalue weighted by atomic mass is 16.5. The summed E-state index contributed by atoms with van der Waals surface area (Å²) in [6.07, 6.45) is 5.87. The summed E-state index contributed by atoms with van der Waals surface area (Å²) in [6, 6.07) is 1.75. The summed E-state index contributed by atoms with van der Waals surface area (Å²) in [4.78, 5) is 14.4. The van der Waals surface area contributed by atoms with Gasteiger partial charge < -0.3 is 23.5 Å². The van der Waals surface area contributed by atoms with E-state index in [1.54, 1.807) is 12.3 Å². The zero-order valence-electron chi connectivity index (χ0n) is 15.6. The number of rotatable bonds is 6. The van der Waals surface area contributed by atoms with E-state index < -0.39 is 0 Å². The lowest BCUT2D eigenvalue weighted by atomic mass is 9.79. The van der Waals surface area contributed by atoms with Crippen LogP contribution in [0.5, 0.6) is 0 Å². The summed E-state index contributed by atoms with van der Waals surface area (Å²) in [7, 11) is 0. The van der Waals surface area contributed by atoms with Gasteiger partial charge in [0.05, 0.1) is 24.9 Å². The molecule has 0 aliphatic carbocycles. The Morgan fingerprint density at radius 3 is 2.81 bits per heavy atom. The predicted molar refractivity (Wildman–Crippen MR) is 95.1 cm³/mol. The van der Waals surface area contributed by atoms with Gasteiger partial charge in [-0.3, -0.25) is 4.79 Å². The van der Waals surface area contributed by atoms with E-state index in [4.69, 9.17) is 18.6 Å². The van der Waals surface area contributed by atoms with Gasteiger partial charge in [0.25, 0.3) is 5.91 Å². The molecule has 6 nitrogen and oxygen atoms in total. The Morgan fingerprint density at radius 2 is 2.08 bits per heavy atom. The molecule has 1 atom stereocenters. The van der Waals surface area contributed by atoms with E-state index in [2.05, 4.69) is 0 Å². The van der Waals surface area contributed by atoms with Gasteiger partial charge in [0.1, 0.15) is 11.4 Å². The minimum atomic E-state index is -0.157. The Labute approximate surface area is 154 Å². The highest BCUT2D eigenvalue weighted by molar-refractivity contribution is 5.95. The molecule has 1 aromatic heterocycles. The van der Waals surface area contributed by atoms with Crippen LogP contribution in [-0.4, -0.2) is 62.5 Å². The average molecular weight is 363 g/mol. The van der Waals surface area contributed by atoms with Crippen molar-refractivity contribution in [2.75, 3.05) is 46.1 Å². The molecule has 3 fully saturated rings. The van der Waals surface area contributed by atoms with Crippen LogP contribution in [0.1, 0.15) is 41.8 Å². The predicted octanol–water partition coefficient (Wildman–Crippen LogP) is 2.65. The standard InChI is InChI=1S/C20H29NO5/c1-15-18(6-10-25-15)19(22)21-13-20(14-21)17(5-11-26-20)4-9-24-12-16-2-7-23-8-3-16/h6,10,16-17H,2-5,7-9,11-14H2,1H3/t17-/m0/s1. The molecule has 1 aromatic rings. The van der Waals surface area contributed by atoms with Gasteiger partial charge in [-0.25, -0.2) is 0 Å². The Kier molecular flexibility index (Phi) is 5.34. The number of ether oxygens (including phenoxy) is 3. The number of aryl methyl sites for hydroxylation is 1. The molecule has 3 aliphatic rings. The van der Waals surface area contributed by atoms with E-state index >= 15 is 0 Å². The van der Waals surface area contributed by atoms with Crippen molar-refractivity contribution in [1.29, 1.82) is 0 Å². The van der Waals surface area contributed by atoms with Crippen LogP contribution < -0.4 is 0 Å². The normalized spacial score (nSPS) is 25.6. The van der Waals surface area contributed by atoms with Crippen molar-refractivity contribution >= 4 is 5.91 Å². The fourth-order valence-corrected chi connectivity index (χ4v) is 4.45. The van der Waals surface area contributed by atoms with Crippen LogP contribution in [0.3, 0.4) is 0 Å². The van der Waals surface area contributed by atoms with Crippen LogP contribution in [0.15, 0.2) is 16.7 Å². The lowest BCUT2D eigenvalue weighted by molar-refractivity contribution is -0.121. The second-order valence-electron chi connectivity index (χ2n) is 7.87. The zero-order valence-corrected chi connectivity index (χ0v) is 15.6. The Balaban J connectivity index is 1.23. The van der Waals surface area contributed by atoms with Crippen molar-refractivity contribution in [2.24, 2.45) is 11.8 Å². The maximum Gasteiger partial charge on any atom is 0.257 e. The Bertz CT molecular complexity index is 615. The number of likely N-dealkylation sites (tertiary alicyclic amines) is 1. The van der Waals surface area contributed by atoms with Crippen LogP contribution in [0.2, 0.25) is 0 Å². The van der Waals surface area contributed by atoms with E-state index in [1.807, 2.05) is 11.8 Å². The van der Waals surface area contributed by atoms with Crippen molar-refractivity contribution in [2.45, 2.75) is 38.2 Å².